The molecule has 4 nitrogen and oxygen atoms in total. The molecule has 0 spiro atoms. The minimum atomic E-state index is 0.714. The third-order valence-corrected chi connectivity index (χ3v) is 4.59. The van der Waals surface area contributed by atoms with Gasteiger partial charge in [0.25, 0.3) is 0 Å². The molecule has 2 heterocycles. The second-order valence-corrected chi connectivity index (χ2v) is 6.07. The van der Waals surface area contributed by atoms with Crippen molar-refractivity contribution in [2.24, 2.45) is 18.0 Å². The maximum atomic E-state index is 4.38. The fourth-order valence-corrected chi connectivity index (χ4v) is 3.33. The number of aryl methyl sites for hydroxylation is 1. The van der Waals surface area contributed by atoms with Crippen LogP contribution in [-0.4, -0.2) is 27.5 Å². The van der Waals surface area contributed by atoms with E-state index in [4.69, 9.17) is 0 Å². The molecule has 0 saturated heterocycles. The molecular weight excluding hydrogens is 260 g/mol. The molecule has 0 N–H and O–H groups in total. The minimum absolute atomic E-state index is 0.714. The van der Waals surface area contributed by atoms with E-state index < -0.39 is 0 Å². The smallest absolute Gasteiger partial charge is 0.163 e. The summed E-state index contributed by atoms with van der Waals surface area (Å²) in [6, 6.07) is 0. The van der Waals surface area contributed by atoms with Gasteiger partial charge in [0.2, 0.25) is 0 Å². The van der Waals surface area contributed by atoms with Crippen LogP contribution in [0.1, 0.15) is 50.2 Å². The molecule has 1 aromatic heterocycles. The lowest BCUT2D eigenvalue weighted by Crippen LogP contribution is -2.03. The Bertz CT molecular complexity index is 559. The molecule has 1 fully saturated rings. The molecule has 4 heteroatoms. The van der Waals surface area contributed by atoms with Gasteiger partial charge in [-0.25, -0.2) is 0 Å². The molecule has 1 saturated carbocycles. The fraction of sp³-hybridized carbons (Fsp3) is 0.588. The zero-order valence-electron chi connectivity index (χ0n) is 12.8. The van der Waals surface area contributed by atoms with Gasteiger partial charge in [-0.1, -0.05) is 38.2 Å². The lowest BCUT2D eigenvalue weighted by molar-refractivity contribution is 0.478. The van der Waals surface area contributed by atoms with Crippen molar-refractivity contribution >= 4 is 11.8 Å². The Balaban J connectivity index is 1.61. The summed E-state index contributed by atoms with van der Waals surface area (Å²) in [7, 11) is 2.07. The predicted molar refractivity (Wildman–Crippen MR) is 86.4 cm³/mol. The summed E-state index contributed by atoms with van der Waals surface area (Å²) in [6.07, 6.45) is 17.3. The summed E-state index contributed by atoms with van der Waals surface area (Å²) in [5, 5.41) is 8.75. The van der Waals surface area contributed by atoms with Gasteiger partial charge in [0.15, 0.2) is 5.82 Å². The van der Waals surface area contributed by atoms with Crippen LogP contribution in [0.3, 0.4) is 0 Å². The molecule has 0 radical (unpaired) electrons. The number of hydrogen-bond acceptors (Lipinski definition) is 3. The van der Waals surface area contributed by atoms with E-state index in [0.29, 0.717) is 6.54 Å². The van der Waals surface area contributed by atoms with Crippen LogP contribution in [0.4, 0.5) is 0 Å². The maximum Gasteiger partial charge on any atom is 0.163 e. The van der Waals surface area contributed by atoms with Crippen LogP contribution >= 0.6 is 0 Å². The molecule has 2 aliphatic rings. The Morgan fingerprint density at radius 1 is 1.24 bits per heavy atom. The Morgan fingerprint density at radius 2 is 2.10 bits per heavy atom. The molecule has 1 aromatic rings. The van der Waals surface area contributed by atoms with Crippen LogP contribution in [0.15, 0.2) is 23.2 Å². The summed E-state index contributed by atoms with van der Waals surface area (Å²) < 4.78 is 2.14. The van der Waals surface area contributed by atoms with Crippen LogP contribution in [0.2, 0.25) is 0 Å². The zero-order valence-corrected chi connectivity index (χ0v) is 12.8. The number of aromatic nitrogens is 3. The highest BCUT2D eigenvalue weighted by molar-refractivity contribution is 5.81. The van der Waals surface area contributed by atoms with Gasteiger partial charge in [0, 0.05) is 25.3 Å². The van der Waals surface area contributed by atoms with Gasteiger partial charge in [0.1, 0.15) is 5.82 Å². The third-order valence-electron chi connectivity index (χ3n) is 4.59. The predicted octanol–water partition coefficient (Wildman–Crippen LogP) is 3.35. The SMILES string of the molecule is Cn1c(CCCC2CCCC2)nnc1C1=CCN=CC=C1. The Kier molecular flexibility index (Phi) is 4.63. The van der Waals surface area contributed by atoms with Gasteiger partial charge in [-0.2, -0.15) is 0 Å². The van der Waals surface area contributed by atoms with E-state index in [0.717, 1.165) is 29.6 Å². The highest BCUT2D eigenvalue weighted by Crippen LogP contribution is 2.29. The number of aliphatic imine (C=N–C) groups is 1. The molecule has 3 rings (SSSR count). The van der Waals surface area contributed by atoms with Gasteiger partial charge in [-0.05, 0) is 24.5 Å². The molecule has 0 amide bonds. The van der Waals surface area contributed by atoms with Gasteiger partial charge >= 0.3 is 0 Å². The average Bonchev–Trinajstić information content (AvgIpc) is 3.04. The molecule has 1 aliphatic carbocycles. The standard InChI is InChI=1S/C17H24N4/c1-21-16(10-4-8-14-6-2-3-7-14)19-20-17(21)15-9-5-12-18-13-11-15/h5,9,11-12,14H,2-4,6-8,10,13H2,1H3. The zero-order chi connectivity index (χ0) is 14.5. The summed E-state index contributed by atoms with van der Waals surface area (Å²) in [4.78, 5) is 4.23. The van der Waals surface area contributed by atoms with Crippen molar-refractivity contribution in [2.75, 3.05) is 6.54 Å². The molecule has 0 aromatic carbocycles. The topological polar surface area (TPSA) is 43.1 Å². The molecule has 0 bridgehead atoms. The van der Waals surface area contributed by atoms with Crippen molar-refractivity contribution < 1.29 is 0 Å². The molecular formula is C17H24N4. The lowest BCUT2D eigenvalue weighted by atomic mass is 10.0. The quantitative estimate of drug-likeness (QED) is 0.832. The van der Waals surface area contributed by atoms with Crippen molar-refractivity contribution in [2.45, 2.75) is 44.9 Å². The first kappa shape index (κ1) is 14.2. The first-order chi connectivity index (χ1) is 10.3. The van der Waals surface area contributed by atoms with Gasteiger partial charge < -0.3 is 4.57 Å². The number of rotatable bonds is 5. The molecule has 112 valence electrons. The summed E-state index contributed by atoms with van der Waals surface area (Å²) in [5.74, 6) is 3.01. The van der Waals surface area contributed by atoms with Crippen molar-refractivity contribution in [1.82, 2.24) is 14.8 Å². The highest BCUT2D eigenvalue weighted by atomic mass is 15.3. The number of nitrogens with zero attached hydrogens (tertiary/aromatic N) is 4. The van der Waals surface area contributed by atoms with Crippen molar-refractivity contribution in [3.63, 3.8) is 0 Å². The van der Waals surface area contributed by atoms with Crippen molar-refractivity contribution in [3.05, 3.63) is 29.9 Å². The maximum absolute atomic E-state index is 4.38. The fourth-order valence-electron chi connectivity index (χ4n) is 3.33. The summed E-state index contributed by atoms with van der Waals surface area (Å²) >= 11 is 0. The van der Waals surface area contributed by atoms with E-state index in [1.54, 1.807) is 0 Å². The first-order valence-electron chi connectivity index (χ1n) is 8.10. The Morgan fingerprint density at radius 3 is 2.95 bits per heavy atom. The Labute approximate surface area is 126 Å². The minimum Gasteiger partial charge on any atom is -0.314 e. The van der Waals surface area contributed by atoms with Crippen LogP contribution in [-0.2, 0) is 13.5 Å². The van der Waals surface area contributed by atoms with E-state index in [2.05, 4.69) is 39.0 Å². The molecule has 21 heavy (non-hydrogen) atoms. The molecule has 1 aliphatic heterocycles. The van der Waals surface area contributed by atoms with Crippen molar-refractivity contribution in [1.29, 1.82) is 0 Å². The summed E-state index contributed by atoms with van der Waals surface area (Å²) in [6.45, 7) is 0.714. The second-order valence-electron chi connectivity index (χ2n) is 6.07. The number of hydrogen-bond donors (Lipinski definition) is 0. The average molecular weight is 284 g/mol. The summed E-state index contributed by atoms with van der Waals surface area (Å²) in [5.41, 5.74) is 1.12. The second kappa shape index (κ2) is 6.83. The van der Waals surface area contributed by atoms with E-state index in [1.807, 2.05) is 12.3 Å². The van der Waals surface area contributed by atoms with Crippen LogP contribution in [0, 0.1) is 5.92 Å². The van der Waals surface area contributed by atoms with Crippen LogP contribution in [0.25, 0.3) is 5.57 Å². The third kappa shape index (κ3) is 3.49. The molecule has 0 atom stereocenters. The molecule has 0 unspecified atom stereocenters. The highest BCUT2D eigenvalue weighted by Gasteiger charge is 2.16. The van der Waals surface area contributed by atoms with E-state index in [9.17, 15) is 0 Å². The van der Waals surface area contributed by atoms with Crippen LogP contribution in [0.5, 0.6) is 0 Å². The monoisotopic (exact) mass is 284 g/mol. The lowest BCUT2D eigenvalue weighted by Gasteiger charge is -2.08. The first-order valence-corrected chi connectivity index (χ1v) is 8.10. The van der Waals surface area contributed by atoms with Gasteiger partial charge in [-0.3, -0.25) is 4.99 Å². The number of allylic oxidation sites excluding steroid dienone is 3. The Hall–Kier alpha value is -1.71. The van der Waals surface area contributed by atoms with Gasteiger partial charge in [0.05, 0.1) is 6.54 Å². The van der Waals surface area contributed by atoms with Gasteiger partial charge in [-0.15, -0.1) is 10.2 Å². The van der Waals surface area contributed by atoms with E-state index >= 15 is 0 Å². The van der Waals surface area contributed by atoms with E-state index in [-0.39, 0.29) is 0 Å². The van der Waals surface area contributed by atoms with Crippen molar-refractivity contribution in [3.8, 4) is 0 Å². The van der Waals surface area contributed by atoms with Crippen LogP contribution < -0.4 is 0 Å². The van der Waals surface area contributed by atoms with E-state index in [1.165, 1.54) is 38.5 Å². The largest absolute Gasteiger partial charge is 0.314 e. The normalized spacial score (nSPS) is 19.0.